The van der Waals surface area contributed by atoms with E-state index in [1.54, 1.807) is 28.8 Å². The first-order valence-corrected chi connectivity index (χ1v) is 11.1. The zero-order valence-corrected chi connectivity index (χ0v) is 18.9. The number of benzene rings is 2. The van der Waals surface area contributed by atoms with Crippen molar-refractivity contribution in [3.63, 3.8) is 0 Å². The molecule has 0 unspecified atom stereocenters. The lowest BCUT2D eigenvalue weighted by atomic mass is 10.0. The minimum Gasteiger partial charge on any atom is -0.493 e. The molecular weight excluding hydrogens is 465 g/mol. The van der Waals surface area contributed by atoms with Gasteiger partial charge in [0.05, 0.1) is 23.9 Å². The summed E-state index contributed by atoms with van der Waals surface area (Å²) in [5.74, 6) is -0.511. The summed E-state index contributed by atoms with van der Waals surface area (Å²) in [5, 5.41) is 12.9. The molecule has 0 fully saturated rings. The SMILES string of the molecule is CCCc1c(OCCCn2c(=O)ccc3cc(CC(=O)O)ccc32)ccc2c(C(F)(F)F)noc12. The van der Waals surface area contributed by atoms with Crippen LogP contribution in [0, 0.1) is 0 Å². The van der Waals surface area contributed by atoms with Crippen LogP contribution in [0.3, 0.4) is 0 Å². The smallest absolute Gasteiger partial charge is 0.437 e. The molecule has 0 aliphatic heterocycles. The third-order valence-electron chi connectivity index (χ3n) is 5.66. The summed E-state index contributed by atoms with van der Waals surface area (Å²) in [6, 6.07) is 11.0. The Kier molecular flexibility index (Phi) is 6.81. The number of halogens is 3. The minimum absolute atomic E-state index is 0.0686. The molecular formula is C25H23F3N2O5. The van der Waals surface area contributed by atoms with Gasteiger partial charge in [0.2, 0.25) is 0 Å². The van der Waals surface area contributed by atoms with Gasteiger partial charge in [0.25, 0.3) is 5.56 Å². The maximum Gasteiger partial charge on any atom is 0.437 e. The molecule has 0 bridgehead atoms. The van der Waals surface area contributed by atoms with Crippen molar-refractivity contribution in [1.29, 1.82) is 0 Å². The molecule has 0 radical (unpaired) electrons. The molecule has 7 nitrogen and oxygen atoms in total. The number of nitrogens with zero attached hydrogens (tertiary/aromatic N) is 2. The quantitative estimate of drug-likeness (QED) is 0.325. The first kappa shape index (κ1) is 24.3. The fourth-order valence-electron chi connectivity index (χ4n) is 4.14. The molecule has 0 saturated carbocycles. The van der Waals surface area contributed by atoms with Gasteiger partial charge in [-0.1, -0.05) is 24.6 Å². The summed E-state index contributed by atoms with van der Waals surface area (Å²) < 4.78 is 52.1. The standard InChI is InChI=1S/C25H23F3N2O5/c1-2-4-17-20(9-7-18-23(17)35-29-24(18)25(26,27)28)34-12-3-11-30-19-8-5-15(14-22(32)33)13-16(19)6-10-21(30)31/h5-10,13H,2-4,11-12,14H2,1H3,(H,32,33). The van der Waals surface area contributed by atoms with Crippen LogP contribution in [0.15, 0.2) is 51.8 Å². The first-order valence-electron chi connectivity index (χ1n) is 11.1. The van der Waals surface area contributed by atoms with Crippen LogP contribution in [-0.2, 0) is 30.4 Å². The van der Waals surface area contributed by atoms with E-state index in [1.165, 1.54) is 18.2 Å². The number of aryl methyl sites for hydroxylation is 2. The van der Waals surface area contributed by atoms with Gasteiger partial charge < -0.3 is 18.9 Å². The number of aromatic nitrogens is 2. The van der Waals surface area contributed by atoms with Crippen molar-refractivity contribution in [3.8, 4) is 5.75 Å². The van der Waals surface area contributed by atoms with Crippen LogP contribution in [0.1, 0.15) is 36.6 Å². The molecule has 0 aliphatic carbocycles. The second-order valence-corrected chi connectivity index (χ2v) is 8.19. The Balaban J connectivity index is 1.51. The number of alkyl halides is 3. The van der Waals surface area contributed by atoms with Crippen molar-refractivity contribution in [1.82, 2.24) is 9.72 Å². The fourth-order valence-corrected chi connectivity index (χ4v) is 4.14. The van der Waals surface area contributed by atoms with Gasteiger partial charge in [-0.25, -0.2) is 0 Å². The molecule has 2 heterocycles. The van der Waals surface area contributed by atoms with Gasteiger partial charge >= 0.3 is 12.1 Å². The van der Waals surface area contributed by atoms with E-state index in [2.05, 4.69) is 5.16 Å². The number of carbonyl (C=O) groups is 1. The molecule has 0 atom stereocenters. The molecule has 4 rings (SSSR count). The predicted molar refractivity (Wildman–Crippen MR) is 123 cm³/mol. The van der Waals surface area contributed by atoms with Gasteiger partial charge in [-0.15, -0.1) is 0 Å². The van der Waals surface area contributed by atoms with Crippen LogP contribution < -0.4 is 10.3 Å². The normalized spacial score (nSPS) is 11.9. The molecule has 0 amide bonds. The average Bonchev–Trinajstić information content (AvgIpc) is 3.24. The molecule has 1 N–H and O–H groups in total. The highest BCUT2D eigenvalue weighted by molar-refractivity contribution is 5.85. The molecule has 35 heavy (non-hydrogen) atoms. The maximum atomic E-state index is 13.2. The van der Waals surface area contributed by atoms with E-state index >= 15 is 0 Å². The van der Waals surface area contributed by atoms with Crippen LogP contribution in [-0.4, -0.2) is 27.4 Å². The Morgan fingerprint density at radius 2 is 1.97 bits per heavy atom. The van der Waals surface area contributed by atoms with E-state index in [0.29, 0.717) is 48.2 Å². The van der Waals surface area contributed by atoms with Crippen LogP contribution in [0.25, 0.3) is 21.9 Å². The third kappa shape index (κ3) is 5.16. The fraction of sp³-hybridized carbons (Fsp3) is 0.320. The van der Waals surface area contributed by atoms with E-state index in [-0.39, 0.29) is 29.6 Å². The summed E-state index contributed by atoms with van der Waals surface area (Å²) in [4.78, 5) is 23.4. The summed E-state index contributed by atoms with van der Waals surface area (Å²) in [7, 11) is 0. The van der Waals surface area contributed by atoms with Gasteiger partial charge in [-0.2, -0.15) is 13.2 Å². The van der Waals surface area contributed by atoms with Gasteiger partial charge in [-0.05, 0) is 54.1 Å². The molecule has 0 aliphatic rings. The number of ether oxygens (including phenoxy) is 1. The summed E-state index contributed by atoms with van der Waals surface area (Å²) in [6.07, 6.45) is -3.13. The van der Waals surface area contributed by atoms with Crippen molar-refractivity contribution in [2.45, 2.75) is 45.3 Å². The van der Waals surface area contributed by atoms with Gasteiger partial charge in [0.1, 0.15) is 5.75 Å². The van der Waals surface area contributed by atoms with E-state index in [4.69, 9.17) is 14.4 Å². The molecule has 0 spiro atoms. The van der Waals surface area contributed by atoms with Crippen molar-refractivity contribution in [2.75, 3.05) is 6.61 Å². The number of carboxylic acids is 1. The van der Waals surface area contributed by atoms with E-state index in [0.717, 1.165) is 5.39 Å². The summed E-state index contributed by atoms with van der Waals surface area (Å²) >= 11 is 0. The summed E-state index contributed by atoms with van der Waals surface area (Å²) in [5.41, 5.74) is 0.663. The number of rotatable bonds is 9. The second-order valence-electron chi connectivity index (χ2n) is 8.19. The lowest BCUT2D eigenvalue weighted by Gasteiger charge is -2.13. The highest BCUT2D eigenvalue weighted by Gasteiger charge is 2.37. The zero-order chi connectivity index (χ0) is 25.2. The molecule has 184 valence electrons. The largest absolute Gasteiger partial charge is 0.493 e. The Morgan fingerprint density at radius 3 is 2.69 bits per heavy atom. The van der Waals surface area contributed by atoms with Gasteiger partial charge in [-0.3, -0.25) is 9.59 Å². The first-order chi connectivity index (χ1) is 16.7. The van der Waals surface area contributed by atoms with Crippen molar-refractivity contribution in [3.05, 3.63) is 69.6 Å². The van der Waals surface area contributed by atoms with Crippen LogP contribution in [0.2, 0.25) is 0 Å². The number of carboxylic acid groups (broad SMARTS) is 1. The Hall–Kier alpha value is -3.82. The zero-order valence-electron chi connectivity index (χ0n) is 18.9. The number of fused-ring (bicyclic) bond motifs is 2. The molecule has 2 aromatic carbocycles. The monoisotopic (exact) mass is 488 g/mol. The van der Waals surface area contributed by atoms with Gasteiger partial charge in [0, 0.05) is 18.2 Å². The minimum atomic E-state index is -4.61. The number of aliphatic carboxylic acids is 1. The van der Waals surface area contributed by atoms with Gasteiger partial charge in [0.15, 0.2) is 11.3 Å². The van der Waals surface area contributed by atoms with E-state index in [1.807, 2.05) is 6.92 Å². The Bertz CT molecular complexity index is 1440. The molecule has 2 aromatic heterocycles. The van der Waals surface area contributed by atoms with E-state index < -0.39 is 17.8 Å². The predicted octanol–water partition coefficient (Wildman–Crippen LogP) is 5.21. The number of hydrogen-bond donors (Lipinski definition) is 1. The third-order valence-corrected chi connectivity index (χ3v) is 5.66. The highest BCUT2D eigenvalue weighted by atomic mass is 19.4. The molecule has 10 heteroatoms. The van der Waals surface area contributed by atoms with Crippen molar-refractivity contribution < 1.29 is 32.3 Å². The average molecular weight is 488 g/mol. The molecule has 0 saturated heterocycles. The van der Waals surface area contributed by atoms with Crippen LogP contribution in [0.4, 0.5) is 13.2 Å². The topological polar surface area (TPSA) is 94.6 Å². The van der Waals surface area contributed by atoms with Crippen molar-refractivity contribution >= 4 is 27.8 Å². The van der Waals surface area contributed by atoms with Crippen LogP contribution in [0.5, 0.6) is 5.75 Å². The van der Waals surface area contributed by atoms with E-state index in [9.17, 15) is 22.8 Å². The summed E-state index contributed by atoms with van der Waals surface area (Å²) in [6.45, 7) is 2.47. The maximum absolute atomic E-state index is 13.2. The second kappa shape index (κ2) is 9.81. The number of pyridine rings is 1. The Labute approximate surface area is 197 Å². The lowest BCUT2D eigenvalue weighted by molar-refractivity contribution is -0.141. The van der Waals surface area contributed by atoms with Crippen molar-refractivity contribution in [2.24, 2.45) is 0 Å². The van der Waals surface area contributed by atoms with Crippen LogP contribution >= 0.6 is 0 Å². The number of hydrogen-bond acceptors (Lipinski definition) is 5. The highest BCUT2D eigenvalue weighted by Crippen LogP contribution is 2.38. The molecule has 4 aromatic rings. The Morgan fingerprint density at radius 1 is 1.17 bits per heavy atom. The lowest BCUT2D eigenvalue weighted by Crippen LogP contribution is -2.20.